The van der Waals surface area contributed by atoms with Crippen LogP contribution in [-0.4, -0.2) is 5.97 Å². The maximum absolute atomic E-state index is 12.8. The normalized spacial score (nSPS) is 11.2. The lowest BCUT2D eigenvalue weighted by atomic mass is 9.87. The Hall–Kier alpha value is -2.16. The van der Waals surface area contributed by atoms with E-state index in [4.69, 9.17) is 4.74 Å². The molecule has 0 fully saturated rings. The van der Waals surface area contributed by atoms with Crippen LogP contribution in [0.1, 0.15) is 42.3 Å². The number of esters is 1. The number of hydrogen-bond donors (Lipinski definition) is 0. The fourth-order valence-corrected chi connectivity index (χ4v) is 1.92. The molecule has 0 aromatic heterocycles. The van der Waals surface area contributed by atoms with E-state index in [2.05, 4.69) is 20.8 Å². The van der Waals surface area contributed by atoms with Gasteiger partial charge in [-0.1, -0.05) is 45.0 Å². The second-order valence-electron chi connectivity index (χ2n) is 6.03. The fourth-order valence-electron chi connectivity index (χ4n) is 1.92. The number of carbonyl (C=O) groups excluding carboxylic acids is 1. The van der Waals surface area contributed by atoms with E-state index < -0.39 is 5.97 Å². The number of hydrogen-bond acceptors (Lipinski definition) is 2. The molecule has 0 heterocycles. The molecule has 0 amide bonds. The lowest BCUT2D eigenvalue weighted by Crippen LogP contribution is -2.11. The standard InChI is InChI=1S/C18H19FO2/c1-18(2,3)15-8-4-13(5-9-15)12-21-17(20)14-6-10-16(19)11-7-14/h4-11H,12H2,1-3H3. The van der Waals surface area contributed by atoms with Crippen LogP contribution in [0.2, 0.25) is 0 Å². The van der Waals surface area contributed by atoms with Gasteiger partial charge in [-0.3, -0.25) is 0 Å². The fraction of sp³-hybridized carbons (Fsp3) is 0.278. The Balaban J connectivity index is 1.97. The zero-order chi connectivity index (χ0) is 15.5. The molecule has 3 heteroatoms. The Morgan fingerprint density at radius 1 is 1.00 bits per heavy atom. The van der Waals surface area contributed by atoms with Crippen molar-refractivity contribution in [1.29, 1.82) is 0 Å². The summed E-state index contributed by atoms with van der Waals surface area (Å²) >= 11 is 0. The highest BCUT2D eigenvalue weighted by molar-refractivity contribution is 5.89. The van der Waals surface area contributed by atoms with Crippen molar-refractivity contribution < 1.29 is 13.9 Å². The molecule has 0 spiro atoms. The second-order valence-corrected chi connectivity index (χ2v) is 6.03. The summed E-state index contributed by atoms with van der Waals surface area (Å²) in [4.78, 5) is 11.8. The van der Waals surface area contributed by atoms with E-state index in [9.17, 15) is 9.18 Å². The highest BCUT2D eigenvalue weighted by Crippen LogP contribution is 2.22. The van der Waals surface area contributed by atoms with E-state index in [1.807, 2.05) is 24.3 Å². The Morgan fingerprint density at radius 2 is 1.57 bits per heavy atom. The molecule has 110 valence electrons. The van der Waals surface area contributed by atoms with Crippen LogP contribution in [0, 0.1) is 5.82 Å². The molecule has 0 aliphatic rings. The Morgan fingerprint density at radius 3 is 2.10 bits per heavy atom. The van der Waals surface area contributed by atoms with Gasteiger partial charge in [0.25, 0.3) is 0 Å². The summed E-state index contributed by atoms with van der Waals surface area (Å²) in [7, 11) is 0. The molecule has 0 radical (unpaired) electrons. The first-order chi connectivity index (χ1) is 9.86. The maximum Gasteiger partial charge on any atom is 0.338 e. The molecule has 0 saturated carbocycles. The van der Waals surface area contributed by atoms with Gasteiger partial charge in [0, 0.05) is 0 Å². The van der Waals surface area contributed by atoms with Crippen molar-refractivity contribution in [2.24, 2.45) is 0 Å². The van der Waals surface area contributed by atoms with E-state index in [0.29, 0.717) is 5.56 Å². The summed E-state index contributed by atoms with van der Waals surface area (Å²) in [5, 5.41) is 0. The molecule has 0 bridgehead atoms. The van der Waals surface area contributed by atoms with Crippen molar-refractivity contribution in [3.8, 4) is 0 Å². The molecule has 0 saturated heterocycles. The smallest absolute Gasteiger partial charge is 0.338 e. The van der Waals surface area contributed by atoms with Crippen molar-refractivity contribution in [3.63, 3.8) is 0 Å². The van der Waals surface area contributed by atoms with E-state index in [1.165, 1.54) is 29.8 Å². The van der Waals surface area contributed by atoms with Crippen molar-refractivity contribution in [2.75, 3.05) is 0 Å². The van der Waals surface area contributed by atoms with Gasteiger partial charge in [0.1, 0.15) is 12.4 Å². The third-order valence-corrected chi connectivity index (χ3v) is 3.27. The number of carbonyl (C=O) groups is 1. The number of halogens is 1. The van der Waals surface area contributed by atoms with Gasteiger partial charge in [-0.2, -0.15) is 0 Å². The predicted molar refractivity (Wildman–Crippen MR) is 80.7 cm³/mol. The lowest BCUT2D eigenvalue weighted by molar-refractivity contribution is 0.0472. The monoisotopic (exact) mass is 286 g/mol. The van der Waals surface area contributed by atoms with Gasteiger partial charge in [-0.05, 0) is 40.8 Å². The lowest BCUT2D eigenvalue weighted by Gasteiger charge is -2.19. The summed E-state index contributed by atoms with van der Waals surface area (Å²) < 4.78 is 18.0. The van der Waals surface area contributed by atoms with Crippen LogP contribution in [0.5, 0.6) is 0 Å². The van der Waals surface area contributed by atoms with Crippen LogP contribution in [0.4, 0.5) is 4.39 Å². The largest absolute Gasteiger partial charge is 0.457 e. The van der Waals surface area contributed by atoms with Crippen LogP contribution in [0.3, 0.4) is 0 Å². The highest BCUT2D eigenvalue weighted by Gasteiger charge is 2.13. The molecule has 0 unspecified atom stereocenters. The molecular formula is C18H19FO2. The molecule has 2 aromatic carbocycles. The first-order valence-corrected chi connectivity index (χ1v) is 6.88. The molecule has 2 nitrogen and oxygen atoms in total. The molecule has 0 atom stereocenters. The van der Waals surface area contributed by atoms with Gasteiger partial charge in [-0.15, -0.1) is 0 Å². The third kappa shape index (κ3) is 4.15. The first kappa shape index (κ1) is 15.2. The van der Waals surface area contributed by atoms with Gasteiger partial charge in [0.05, 0.1) is 5.56 Å². The van der Waals surface area contributed by atoms with Crippen molar-refractivity contribution in [2.45, 2.75) is 32.8 Å². The summed E-state index contributed by atoms with van der Waals surface area (Å²) in [5.74, 6) is -0.820. The van der Waals surface area contributed by atoms with Crippen molar-refractivity contribution in [3.05, 3.63) is 71.0 Å². The summed E-state index contributed by atoms with van der Waals surface area (Å²) in [6.45, 7) is 6.66. The van der Waals surface area contributed by atoms with E-state index >= 15 is 0 Å². The maximum atomic E-state index is 12.8. The molecule has 2 aromatic rings. The van der Waals surface area contributed by atoms with Gasteiger partial charge in [0.2, 0.25) is 0 Å². The molecule has 0 aliphatic heterocycles. The molecule has 2 rings (SSSR count). The van der Waals surface area contributed by atoms with Crippen LogP contribution in [0.25, 0.3) is 0 Å². The van der Waals surface area contributed by atoms with E-state index in [0.717, 1.165) is 5.56 Å². The number of benzene rings is 2. The van der Waals surface area contributed by atoms with Gasteiger partial charge >= 0.3 is 5.97 Å². The van der Waals surface area contributed by atoms with Crippen molar-refractivity contribution >= 4 is 5.97 Å². The SMILES string of the molecule is CC(C)(C)c1ccc(COC(=O)c2ccc(F)cc2)cc1. The molecule has 0 aliphatic carbocycles. The summed E-state index contributed by atoms with van der Waals surface area (Å²) in [6.07, 6.45) is 0. The number of rotatable bonds is 3. The second kappa shape index (κ2) is 6.08. The predicted octanol–water partition coefficient (Wildman–Crippen LogP) is 4.48. The van der Waals surface area contributed by atoms with E-state index in [-0.39, 0.29) is 17.8 Å². The van der Waals surface area contributed by atoms with Crippen LogP contribution in [0.15, 0.2) is 48.5 Å². The Kier molecular flexibility index (Phi) is 4.41. The molecular weight excluding hydrogens is 267 g/mol. The zero-order valence-electron chi connectivity index (χ0n) is 12.5. The third-order valence-electron chi connectivity index (χ3n) is 3.27. The van der Waals surface area contributed by atoms with Gasteiger partial charge in [0.15, 0.2) is 0 Å². The highest BCUT2D eigenvalue weighted by atomic mass is 19.1. The summed E-state index contributed by atoms with van der Waals surface area (Å²) in [5.41, 5.74) is 2.61. The Labute approximate surface area is 124 Å². The van der Waals surface area contributed by atoms with Crippen molar-refractivity contribution in [1.82, 2.24) is 0 Å². The quantitative estimate of drug-likeness (QED) is 0.778. The first-order valence-electron chi connectivity index (χ1n) is 6.88. The van der Waals surface area contributed by atoms with Gasteiger partial charge in [-0.25, -0.2) is 9.18 Å². The van der Waals surface area contributed by atoms with Crippen LogP contribution >= 0.6 is 0 Å². The minimum absolute atomic E-state index is 0.101. The topological polar surface area (TPSA) is 26.3 Å². The average Bonchev–Trinajstić information content (AvgIpc) is 2.45. The summed E-state index contributed by atoms with van der Waals surface area (Å²) in [6, 6.07) is 13.3. The number of ether oxygens (including phenoxy) is 1. The van der Waals surface area contributed by atoms with Gasteiger partial charge < -0.3 is 4.74 Å². The van der Waals surface area contributed by atoms with Crippen LogP contribution < -0.4 is 0 Å². The molecule has 21 heavy (non-hydrogen) atoms. The van der Waals surface area contributed by atoms with Crippen LogP contribution in [-0.2, 0) is 16.8 Å². The Bertz CT molecular complexity index is 607. The minimum Gasteiger partial charge on any atom is -0.457 e. The average molecular weight is 286 g/mol. The van der Waals surface area contributed by atoms with E-state index in [1.54, 1.807) is 0 Å². The zero-order valence-corrected chi connectivity index (χ0v) is 12.5. The minimum atomic E-state index is -0.449. The molecule has 0 N–H and O–H groups in total.